The monoisotopic (exact) mass is 631 g/mol. The summed E-state index contributed by atoms with van der Waals surface area (Å²) in [6.07, 6.45) is 9.73. The molecule has 5 fully saturated rings. The summed E-state index contributed by atoms with van der Waals surface area (Å²) < 4.78 is 4.77. The third-order valence-corrected chi connectivity index (χ3v) is 14.3. The van der Waals surface area contributed by atoms with Crippen LogP contribution in [0.3, 0.4) is 0 Å². The third kappa shape index (κ3) is 5.84. The number of amides is 1. The van der Waals surface area contributed by atoms with Crippen LogP contribution in [0.15, 0.2) is 12.2 Å². The maximum absolute atomic E-state index is 12.8. The van der Waals surface area contributed by atoms with Crippen molar-refractivity contribution in [1.82, 2.24) is 5.32 Å². The number of alkyl carbamates (subject to hydrolysis) is 1. The number of aliphatic hydroxyl groups excluding tert-OH is 1. The molecule has 4 N–H and O–H groups in total. The first kappa shape index (κ1) is 35.8. The van der Waals surface area contributed by atoms with Crippen molar-refractivity contribution >= 4 is 18.0 Å². The number of carbonyl (C=O) groups is 3. The first-order valence-electron chi connectivity index (χ1n) is 17.3. The summed E-state index contributed by atoms with van der Waals surface area (Å²) in [6, 6.07) is 0. The third-order valence-electron chi connectivity index (χ3n) is 14.3. The Labute approximate surface area is 271 Å². The summed E-state index contributed by atoms with van der Waals surface area (Å²) in [4.78, 5) is 33.5. The van der Waals surface area contributed by atoms with E-state index in [1.807, 2.05) is 0 Å². The van der Waals surface area contributed by atoms with Crippen LogP contribution in [0.25, 0.3) is 0 Å². The van der Waals surface area contributed by atoms with Gasteiger partial charge < -0.3 is 25.4 Å². The lowest BCUT2D eigenvalue weighted by Gasteiger charge is -2.72. The zero-order chi connectivity index (χ0) is 34.0. The second-order valence-electron chi connectivity index (χ2n) is 17.8. The van der Waals surface area contributed by atoms with Crippen molar-refractivity contribution in [2.75, 3.05) is 6.54 Å². The Bertz CT molecular complexity index is 1190. The topological polar surface area (TPSA) is 133 Å². The number of rotatable bonds is 4. The number of hydrogen-bond acceptors (Lipinski definition) is 5. The number of allylic oxidation sites excluding steroid dienone is 1. The molecular weight excluding hydrogens is 570 g/mol. The molecule has 0 aliphatic heterocycles. The lowest BCUT2D eigenvalue weighted by Crippen LogP contribution is -2.67. The van der Waals surface area contributed by atoms with Crippen LogP contribution >= 0.6 is 0 Å². The minimum absolute atomic E-state index is 0.0202. The molecule has 0 unspecified atom stereocenters. The van der Waals surface area contributed by atoms with Gasteiger partial charge in [0.25, 0.3) is 0 Å². The summed E-state index contributed by atoms with van der Waals surface area (Å²) in [5.41, 5.74) is 0.760. The van der Waals surface area contributed by atoms with E-state index in [2.05, 4.69) is 53.4 Å². The number of aliphatic carboxylic acids is 2. The molecule has 5 saturated carbocycles. The molecule has 10 atom stereocenters. The lowest BCUT2D eigenvalue weighted by molar-refractivity contribution is -0.248. The zero-order valence-corrected chi connectivity index (χ0v) is 29.4. The molecule has 0 aromatic rings. The first-order valence-corrected chi connectivity index (χ1v) is 17.3. The summed E-state index contributed by atoms with van der Waals surface area (Å²) in [6.45, 7) is 23.5. The summed E-state index contributed by atoms with van der Waals surface area (Å²) in [7, 11) is 0. The van der Waals surface area contributed by atoms with Gasteiger partial charge in [0.15, 0.2) is 0 Å². The quantitative estimate of drug-likeness (QED) is 0.234. The SMILES string of the molecule is C=C(C)[C@@H]1CC[C@]2(C(=O)O)CC[C@]3(C)[C@H](CC[C@@H]4[C@@]5(C)CC[C@H](O)C(C)(C)[C@@H]5CC[C@]43C)[C@@H]12.CC(C)(C)OC(=O)NCC(=O)O. The van der Waals surface area contributed by atoms with E-state index in [1.54, 1.807) is 20.8 Å². The maximum atomic E-state index is 12.8. The average Bonchev–Trinajstić information content (AvgIpc) is 3.31. The Morgan fingerprint density at radius 1 is 0.844 bits per heavy atom. The molecule has 0 bridgehead atoms. The molecule has 0 saturated heterocycles. The standard InChI is InChI=1S/C30H48O3.C7H13NO4/c1-18(2)19-10-15-30(25(32)33)17-16-28(6)20(24(19)30)8-9-22-27(5)13-12-23(31)26(3,4)21(27)11-14-29(22,28)7;1-7(2,3)12-6(11)8-4-5(9)10/h19-24,31H,1,8-17H2,2-7H3,(H,32,33);4H2,1-3H3,(H,8,11)(H,9,10)/t19-,20+,21-,22+,23-,24+,27-,28+,29+,30-;/m0./s1. The minimum Gasteiger partial charge on any atom is -0.481 e. The van der Waals surface area contributed by atoms with Crippen LogP contribution in [0, 0.1) is 56.7 Å². The summed E-state index contributed by atoms with van der Waals surface area (Å²) >= 11 is 0. The minimum atomic E-state index is -1.10. The molecule has 45 heavy (non-hydrogen) atoms. The van der Waals surface area contributed by atoms with Crippen molar-refractivity contribution in [2.24, 2.45) is 56.7 Å². The van der Waals surface area contributed by atoms with Crippen molar-refractivity contribution in [1.29, 1.82) is 0 Å². The summed E-state index contributed by atoms with van der Waals surface area (Å²) in [5, 5.41) is 31.7. The van der Waals surface area contributed by atoms with Gasteiger partial charge >= 0.3 is 18.0 Å². The highest BCUT2D eigenvalue weighted by molar-refractivity contribution is 5.77. The van der Waals surface area contributed by atoms with Crippen LogP contribution in [-0.2, 0) is 14.3 Å². The second-order valence-corrected chi connectivity index (χ2v) is 17.8. The van der Waals surface area contributed by atoms with E-state index >= 15 is 0 Å². The Morgan fingerprint density at radius 2 is 1.49 bits per heavy atom. The highest BCUT2D eigenvalue weighted by Gasteiger charge is 2.72. The van der Waals surface area contributed by atoms with Gasteiger partial charge in [0, 0.05) is 0 Å². The Hall–Kier alpha value is -2.09. The number of ether oxygens (including phenoxy) is 1. The van der Waals surface area contributed by atoms with Gasteiger partial charge in [-0.15, -0.1) is 0 Å². The number of carboxylic acid groups (broad SMARTS) is 2. The fraction of sp³-hybridized carbons (Fsp3) is 0.865. The van der Waals surface area contributed by atoms with Crippen molar-refractivity contribution in [2.45, 2.75) is 138 Å². The molecule has 0 heterocycles. The lowest BCUT2D eigenvalue weighted by atomic mass is 9.32. The molecule has 8 heteroatoms. The average molecular weight is 632 g/mol. The molecular formula is C37H61NO7. The Kier molecular flexibility index (Phi) is 9.42. The fourth-order valence-corrected chi connectivity index (χ4v) is 12.0. The van der Waals surface area contributed by atoms with Crippen molar-refractivity contribution in [3.05, 3.63) is 12.2 Å². The zero-order valence-electron chi connectivity index (χ0n) is 29.4. The van der Waals surface area contributed by atoms with Crippen LogP contribution < -0.4 is 5.32 Å². The Balaban J connectivity index is 0.000000328. The predicted octanol–water partition coefficient (Wildman–Crippen LogP) is 7.69. The van der Waals surface area contributed by atoms with Gasteiger partial charge in [0.05, 0.1) is 11.5 Å². The van der Waals surface area contributed by atoms with Crippen molar-refractivity contribution in [3.8, 4) is 0 Å². The molecule has 0 radical (unpaired) electrons. The van der Waals surface area contributed by atoms with E-state index in [-0.39, 0.29) is 33.7 Å². The maximum Gasteiger partial charge on any atom is 0.408 e. The van der Waals surface area contributed by atoms with Gasteiger partial charge in [-0.05, 0) is 143 Å². The molecule has 5 rings (SSSR count). The van der Waals surface area contributed by atoms with Gasteiger partial charge in [-0.2, -0.15) is 0 Å². The van der Waals surface area contributed by atoms with Gasteiger partial charge in [0.1, 0.15) is 12.1 Å². The smallest absolute Gasteiger partial charge is 0.408 e. The van der Waals surface area contributed by atoms with E-state index < -0.39 is 35.6 Å². The van der Waals surface area contributed by atoms with Gasteiger partial charge in [-0.1, -0.05) is 46.8 Å². The molecule has 5 aliphatic rings. The molecule has 8 nitrogen and oxygen atoms in total. The highest BCUT2D eigenvalue weighted by atomic mass is 16.6. The van der Waals surface area contributed by atoms with Crippen LogP contribution in [0.1, 0.15) is 127 Å². The molecule has 0 aromatic carbocycles. The van der Waals surface area contributed by atoms with Gasteiger partial charge in [0.2, 0.25) is 0 Å². The largest absolute Gasteiger partial charge is 0.481 e. The van der Waals surface area contributed by atoms with Crippen LogP contribution in [0.5, 0.6) is 0 Å². The van der Waals surface area contributed by atoms with Crippen LogP contribution in [0.2, 0.25) is 0 Å². The molecule has 256 valence electrons. The molecule has 1 amide bonds. The number of hydrogen-bond donors (Lipinski definition) is 4. The Morgan fingerprint density at radius 3 is 2.04 bits per heavy atom. The van der Waals surface area contributed by atoms with E-state index in [1.165, 1.54) is 31.3 Å². The molecule has 0 spiro atoms. The fourth-order valence-electron chi connectivity index (χ4n) is 12.0. The number of carboxylic acids is 2. The number of carbonyl (C=O) groups excluding carboxylic acids is 1. The number of fused-ring (bicyclic) bond motifs is 7. The first-order chi connectivity index (χ1) is 20.6. The van der Waals surface area contributed by atoms with Crippen LogP contribution in [-0.4, -0.2) is 51.6 Å². The molecule has 5 aliphatic carbocycles. The van der Waals surface area contributed by atoms with E-state index in [4.69, 9.17) is 9.84 Å². The van der Waals surface area contributed by atoms with E-state index in [0.29, 0.717) is 23.7 Å². The van der Waals surface area contributed by atoms with Gasteiger partial charge in [-0.25, -0.2) is 4.79 Å². The highest BCUT2D eigenvalue weighted by Crippen LogP contribution is 2.77. The van der Waals surface area contributed by atoms with Gasteiger partial charge in [-0.3, -0.25) is 9.59 Å². The summed E-state index contributed by atoms with van der Waals surface area (Å²) in [5.74, 6) is 0.697. The van der Waals surface area contributed by atoms with Crippen LogP contribution in [0.4, 0.5) is 4.79 Å². The van der Waals surface area contributed by atoms with E-state index in [0.717, 1.165) is 38.5 Å². The second kappa shape index (κ2) is 11.9. The van der Waals surface area contributed by atoms with Crippen molar-refractivity contribution in [3.63, 3.8) is 0 Å². The molecule has 0 aromatic heterocycles. The predicted molar refractivity (Wildman–Crippen MR) is 174 cm³/mol. The number of nitrogens with one attached hydrogen (secondary N) is 1. The van der Waals surface area contributed by atoms with Crippen molar-refractivity contribution < 1.29 is 34.4 Å². The normalized spacial score (nSPS) is 43.2. The number of aliphatic hydroxyl groups is 1. The van der Waals surface area contributed by atoms with E-state index in [9.17, 15) is 24.6 Å².